The van der Waals surface area contributed by atoms with Gasteiger partial charge in [-0.2, -0.15) is 0 Å². The van der Waals surface area contributed by atoms with Crippen LogP contribution in [0.5, 0.6) is 5.75 Å². The second-order valence-corrected chi connectivity index (χ2v) is 4.74. The fraction of sp³-hybridized carbons (Fsp3) is 0.188. The SMILES string of the molecule is COc1ccccc1-c1nc2cc(C)ccn2c1CN. The number of nitrogens with two attached hydrogens (primary N) is 1. The molecule has 3 aromatic rings. The topological polar surface area (TPSA) is 52.5 Å². The monoisotopic (exact) mass is 267 g/mol. The first-order valence-electron chi connectivity index (χ1n) is 6.55. The third-order valence-corrected chi connectivity index (χ3v) is 3.44. The van der Waals surface area contributed by atoms with E-state index in [9.17, 15) is 0 Å². The number of methoxy groups -OCH3 is 1. The highest BCUT2D eigenvalue weighted by Crippen LogP contribution is 2.32. The van der Waals surface area contributed by atoms with Gasteiger partial charge in [0, 0.05) is 18.3 Å². The number of rotatable bonds is 3. The summed E-state index contributed by atoms with van der Waals surface area (Å²) in [5.41, 5.74) is 10.9. The molecule has 0 atom stereocenters. The average molecular weight is 267 g/mol. The van der Waals surface area contributed by atoms with Crippen LogP contribution in [-0.4, -0.2) is 16.5 Å². The molecule has 1 aromatic carbocycles. The molecular formula is C16H17N3O. The van der Waals surface area contributed by atoms with Gasteiger partial charge in [0.2, 0.25) is 0 Å². The molecule has 0 aliphatic heterocycles. The minimum atomic E-state index is 0.428. The maximum absolute atomic E-state index is 5.93. The van der Waals surface area contributed by atoms with E-state index in [1.54, 1.807) is 7.11 Å². The Bertz CT molecular complexity index is 762. The van der Waals surface area contributed by atoms with Crippen molar-refractivity contribution < 1.29 is 4.74 Å². The van der Waals surface area contributed by atoms with Crippen molar-refractivity contribution in [2.45, 2.75) is 13.5 Å². The molecule has 2 aromatic heterocycles. The number of fused-ring (bicyclic) bond motifs is 1. The van der Waals surface area contributed by atoms with E-state index in [1.165, 1.54) is 5.56 Å². The van der Waals surface area contributed by atoms with Crippen LogP contribution >= 0.6 is 0 Å². The summed E-state index contributed by atoms with van der Waals surface area (Å²) >= 11 is 0. The van der Waals surface area contributed by atoms with Gasteiger partial charge in [-0.25, -0.2) is 4.98 Å². The van der Waals surface area contributed by atoms with E-state index in [2.05, 4.69) is 19.1 Å². The molecule has 4 nitrogen and oxygen atoms in total. The minimum absolute atomic E-state index is 0.428. The van der Waals surface area contributed by atoms with Crippen LogP contribution in [0, 0.1) is 6.92 Å². The van der Waals surface area contributed by atoms with E-state index in [4.69, 9.17) is 15.5 Å². The van der Waals surface area contributed by atoms with Gasteiger partial charge < -0.3 is 14.9 Å². The molecule has 2 heterocycles. The van der Waals surface area contributed by atoms with E-state index in [-0.39, 0.29) is 0 Å². The fourth-order valence-corrected chi connectivity index (χ4v) is 2.45. The third-order valence-electron chi connectivity index (χ3n) is 3.44. The summed E-state index contributed by atoms with van der Waals surface area (Å²) in [6, 6.07) is 12.0. The number of pyridine rings is 1. The van der Waals surface area contributed by atoms with Crippen LogP contribution in [0.4, 0.5) is 0 Å². The summed E-state index contributed by atoms with van der Waals surface area (Å²) in [5.74, 6) is 0.808. The fourth-order valence-electron chi connectivity index (χ4n) is 2.45. The number of para-hydroxylation sites is 1. The van der Waals surface area contributed by atoms with Crippen molar-refractivity contribution in [2.24, 2.45) is 5.73 Å². The van der Waals surface area contributed by atoms with Crippen molar-refractivity contribution in [2.75, 3.05) is 7.11 Å². The van der Waals surface area contributed by atoms with Crippen LogP contribution in [0.1, 0.15) is 11.3 Å². The molecule has 0 saturated carbocycles. The number of aryl methyl sites for hydroxylation is 1. The molecule has 20 heavy (non-hydrogen) atoms. The number of hydrogen-bond donors (Lipinski definition) is 1. The summed E-state index contributed by atoms with van der Waals surface area (Å²) < 4.78 is 7.47. The lowest BCUT2D eigenvalue weighted by atomic mass is 10.1. The highest BCUT2D eigenvalue weighted by atomic mass is 16.5. The summed E-state index contributed by atoms with van der Waals surface area (Å²) in [7, 11) is 1.67. The Morgan fingerprint density at radius 2 is 2.05 bits per heavy atom. The predicted octanol–water partition coefficient (Wildman–Crippen LogP) is 2.78. The van der Waals surface area contributed by atoms with E-state index in [0.29, 0.717) is 6.54 Å². The van der Waals surface area contributed by atoms with Crippen molar-refractivity contribution in [3.05, 3.63) is 53.9 Å². The molecule has 102 valence electrons. The lowest BCUT2D eigenvalue weighted by Gasteiger charge is -2.07. The first-order chi connectivity index (χ1) is 9.74. The van der Waals surface area contributed by atoms with Gasteiger partial charge in [0.1, 0.15) is 11.4 Å². The lowest BCUT2D eigenvalue weighted by Crippen LogP contribution is -2.03. The van der Waals surface area contributed by atoms with Gasteiger partial charge in [0.25, 0.3) is 0 Å². The Morgan fingerprint density at radius 1 is 1.25 bits per heavy atom. The normalized spacial score (nSPS) is 10.9. The van der Waals surface area contributed by atoms with Crippen molar-refractivity contribution >= 4 is 5.65 Å². The second-order valence-electron chi connectivity index (χ2n) is 4.74. The molecule has 0 spiro atoms. The average Bonchev–Trinajstić information content (AvgIpc) is 2.84. The Morgan fingerprint density at radius 3 is 2.80 bits per heavy atom. The molecule has 0 aliphatic rings. The van der Waals surface area contributed by atoms with Crippen LogP contribution in [0.25, 0.3) is 16.9 Å². The zero-order chi connectivity index (χ0) is 14.1. The Labute approximate surface area is 117 Å². The maximum Gasteiger partial charge on any atom is 0.137 e. The van der Waals surface area contributed by atoms with Crippen molar-refractivity contribution in [3.63, 3.8) is 0 Å². The summed E-state index contributed by atoms with van der Waals surface area (Å²) in [6.07, 6.45) is 2.01. The molecule has 2 N–H and O–H groups in total. The van der Waals surface area contributed by atoms with E-state index in [1.807, 2.05) is 34.9 Å². The number of hydrogen-bond acceptors (Lipinski definition) is 3. The molecule has 0 unspecified atom stereocenters. The van der Waals surface area contributed by atoms with Gasteiger partial charge in [-0.15, -0.1) is 0 Å². The van der Waals surface area contributed by atoms with Gasteiger partial charge in [-0.3, -0.25) is 0 Å². The standard InChI is InChI=1S/C16H17N3O/c1-11-7-8-19-13(10-17)16(18-15(19)9-11)12-5-3-4-6-14(12)20-2/h3-9H,10,17H2,1-2H3. The number of ether oxygens (including phenoxy) is 1. The van der Waals surface area contributed by atoms with Gasteiger partial charge in [-0.05, 0) is 36.8 Å². The number of imidazole rings is 1. The molecule has 0 bridgehead atoms. The Kier molecular flexibility index (Phi) is 3.16. The number of benzene rings is 1. The summed E-state index contributed by atoms with van der Waals surface area (Å²) in [6.45, 7) is 2.48. The van der Waals surface area contributed by atoms with Crippen LogP contribution < -0.4 is 10.5 Å². The highest BCUT2D eigenvalue weighted by Gasteiger charge is 2.15. The zero-order valence-corrected chi connectivity index (χ0v) is 11.6. The summed E-state index contributed by atoms with van der Waals surface area (Å²) in [4.78, 5) is 4.73. The van der Waals surface area contributed by atoms with Crippen LogP contribution in [0.2, 0.25) is 0 Å². The quantitative estimate of drug-likeness (QED) is 0.794. The lowest BCUT2D eigenvalue weighted by molar-refractivity contribution is 0.416. The van der Waals surface area contributed by atoms with Crippen molar-refractivity contribution in [1.29, 1.82) is 0 Å². The van der Waals surface area contributed by atoms with E-state index < -0.39 is 0 Å². The van der Waals surface area contributed by atoms with Gasteiger partial charge >= 0.3 is 0 Å². The van der Waals surface area contributed by atoms with Crippen LogP contribution in [0.3, 0.4) is 0 Å². The summed E-state index contributed by atoms with van der Waals surface area (Å²) in [5, 5.41) is 0. The molecule has 0 aliphatic carbocycles. The third kappa shape index (κ3) is 1.94. The smallest absolute Gasteiger partial charge is 0.137 e. The molecular weight excluding hydrogens is 250 g/mol. The number of aromatic nitrogens is 2. The molecule has 0 amide bonds. The molecule has 3 rings (SSSR count). The second kappa shape index (κ2) is 4.98. The Hall–Kier alpha value is -2.33. The number of nitrogens with zero attached hydrogens (tertiary/aromatic N) is 2. The molecule has 0 radical (unpaired) electrons. The van der Waals surface area contributed by atoms with Crippen LogP contribution in [-0.2, 0) is 6.54 Å². The largest absolute Gasteiger partial charge is 0.496 e. The molecule has 0 saturated heterocycles. The zero-order valence-electron chi connectivity index (χ0n) is 11.6. The van der Waals surface area contributed by atoms with Crippen molar-refractivity contribution in [3.8, 4) is 17.0 Å². The van der Waals surface area contributed by atoms with Gasteiger partial charge in [0.15, 0.2) is 0 Å². The van der Waals surface area contributed by atoms with E-state index in [0.717, 1.165) is 28.3 Å². The Balaban J connectivity index is 2.30. The van der Waals surface area contributed by atoms with Crippen molar-refractivity contribution in [1.82, 2.24) is 9.38 Å². The highest BCUT2D eigenvalue weighted by molar-refractivity contribution is 5.72. The molecule has 0 fully saturated rings. The molecule has 4 heteroatoms. The first-order valence-corrected chi connectivity index (χ1v) is 6.55. The van der Waals surface area contributed by atoms with Crippen LogP contribution in [0.15, 0.2) is 42.6 Å². The minimum Gasteiger partial charge on any atom is -0.496 e. The first kappa shape index (κ1) is 12.7. The van der Waals surface area contributed by atoms with E-state index >= 15 is 0 Å². The predicted molar refractivity (Wildman–Crippen MR) is 79.8 cm³/mol. The maximum atomic E-state index is 5.93. The van der Waals surface area contributed by atoms with Gasteiger partial charge in [-0.1, -0.05) is 12.1 Å². The van der Waals surface area contributed by atoms with Gasteiger partial charge in [0.05, 0.1) is 18.5 Å².